The first-order chi connectivity index (χ1) is 9.41. The second-order valence-electron chi connectivity index (χ2n) is 4.14. The summed E-state index contributed by atoms with van der Waals surface area (Å²) in [5, 5.41) is 12.2. The fourth-order valence-corrected chi connectivity index (χ4v) is 1.80. The molecule has 0 radical (unpaired) electrons. The van der Waals surface area contributed by atoms with E-state index in [0.717, 1.165) is 5.56 Å². The Morgan fingerprint density at radius 1 is 1.40 bits per heavy atom. The Morgan fingerprint density at radius 2 is 2.10 bits per heavy atom. The molecule has 7 heteroatoms. The molecule has 110 valence electrons. The highest BCUT2D eigenvalue weighted by molar-refractivity contribution is 6.35. The molecule has 1 rings (SSSR count). The van der Waals surface area contributed by atoms with E-state index in [9.17, 15) is 9.59 Å². The Morgan fingerprint density at radius 3 is 2.70 bits per heavy atom. The summed E-state index contributed by atoms with van der Waals surface area (Å²) >= 11 is 11.7. The summed E-state index contributed by atoms with van der Waals surface area (Å²) in [5.74, 6) is -2.76. The van der Waals surface area contributed by atoms with Gasteiger partial charge in [-0.15, -0.1) is 0 Å². The van der Waals surface area contributed by atoms with E-state index < -0.39 is 17.8 Å². The lowest BCUT2D eigenvalue weighted by Crippen LogP contribution is -2.35. The van der Waals surface area contributed by atoms with Crippen molar-refractivity contribution in [3.63, 3.8) is 0 Å². The third-order valence-electron chi connectivity index (χ3n) is 2.58. The van der Waals surface area contributed by atoms with E-state index in [1.165, 1.54) is 6.92 Å². The zero-order valence-corrected chi connectivity index (χ0v) is 12.4. The Balaban J connectivity index is 2.25. The topological polar surface area (TPSA) is 75.6 Å². The third-order valence-corrected chi connectivity index (χ3v) is 3.17. The molecule has 0 saturated carbocycles. The molecule has 0 aliphatic heterocycles. The van der Waals surface area contributed by atoms with E-state index in [2.05, 4.69) is 5.32 Å². The molecule has 0 bridgehead atoms. The summed E-state index contributed by atoms with van der Waals surface area (Å²) < 4.78 is 5.34. The number of carboxylic acid groups (broad SMARTS) is 1. The van der Waals surface area contributed by atoms with Crippen molar-refractivity contribution in [1.29, 1.82) is 0 Å². The second-order valence-corrected chi connectivity index (χ2v) is 4.98. The zero-order chi connectivity index (χ0) is 15.1. The minimum Gasteiger partial charge on any atom is -0.481 e. The van der Waals surface area contributed by atoms with Crippen molar-refractivity contribution >= 4 is 35.1 Å². The Hall–Kier alpha value is -1.30. The molecule has 0 heterocycles. The van der Waals surface area contributed by atoms with Crippen LogP contribution in [0, 0.1) is 5.92 Å². The van der Waals surface area contributed by atoms with Crippen LogP contribution >= 0.6 is 23.2 Å². The van der Waals surface area contributed by atoms with Gasteiger partial charge in [-0.25, -0.2) is 0 Å². The minimum absolute atomic E-state index is 0.238. The van der Waals surface area contributed by atoms with Crippen LogP contribution in [-0.2, 0) is 20.9 Å². The van der Waals surface area contributed by atoms with Crippen LogP contribution in [0.4, 0.5) is 0 Å². The quantitative estimate of drug-likeness (QED) is 0.597. The van der Waals surface area contributed by atoms with Gasteiger partial charge in [-0.05, 0) is 24.6 Å². The summed E-state index contributed by atoms with van der Waals surface area (Å²) in [6, 6.07) is 5.09. The molecule has 0 aromatic heterocycles. The first-order valence-electron chi connectivity index (χ1n) is 5.94. The number of benzene rings is 1. The lowest BCUT2D eigenvalue weighted by atomic mass is 10.2. The number of hydrogen-bond acceptors (Lipinski definition) is 3. The lowest BCUT2D eigenvalue weighted by Gasteiger charge is -2.09. The average molecular weight is 320 g/mol. The molecular weight excluding hydrogens is 305 g/mol. The van der Waals surface area contributed by atoms with Crippen molar-refractivity contribution in [2.45, 2.75) is 13.5 Å². The first-order valence-corrected chi connectivity index (χ1v) is 6.69. The number of nitrogens with one attached hydrogen (secondary N) is 1. The van der Waals surface area contributed by atoms with Crippen LogP contribution in [0.3, 0.4) is 0 Å². The maximum atomic E-state index is 11.3. The number of aliphatic carboxylic acids is 1. The number of amides is 1. The van der Waals surface area contributed by atoms with Crippen molar-refractivity contribution in [2.24, 2.45) is 5.92 Å². The molecule has 0 saturated heterocycles. The molecule has 1 amide bonds. The number of hydrogen-bond donors (Lipinski definition) is 2. The highest BCUT2D eigenvalue weighted by Gasteiger charge is 2.19. The summed E-state index contributed by atoms with van der Waals surface area (Å²) in [5.41, 5.74) is 0.793. The van der Waals surface area contributed by atoms with Crippen molar-refractivity contribution in [1.82, 2.24) is 5.32 Å². The van der Waals surface area contributed by atoms with Crippen molar-refractivity contribution in [3.8, 4) is 0 Å². The third kappa shape index (κ3) is 5.36. The number of carbonyl (C=O) groups is 2. The molecular formula is C13H15Cl2NO4. The van der Waals surface area contributed by atoms with Crippen molar-refractivity contribution in [2.75, 3.05) is 13.2 Å². The Labute approximate surface area is 126 Å². The van der Waals surface area contributed by atoms with Crippen LogP contribution < -0.4 is 5.32 Å². The summed E-state index contributed by atoms with van der Waals surface area (Å²) in [4.78, 5) is 21.9. The molecule has 20 heavy (non-hydrogen) atoms. The van der Waals surface area contributed by atoms with E-state index in [1.807, 2.05) is 0 Å². The number of ether oxygens (including phenoxy) is 1. The normalized spacial score (nSPS) is 11.9. The fourth-order valence-electron chi connectivity index (χ4n) is 1.33. The summed E-state index contributed by atoms with van der Waals surface area (Å²) in [7, 11) is 0. The predicted octanol–water partition coefficient (Wildman–Crippen LogP) is 2.35. The van der Waals surface area contributed by atoms with Crippen molar-refractivity contribution < 1.29 is 19.4 Å². The van der Waals surface area contributed by atoms with Gasteiger partial charge in [0.25, 0.3) is 0 Å². The number of rotatable bonds is 7. The Kier molecular flexibility index (Phi) is 6.78. The maximum Gasteiger partial charge on any atom is 0.315 e. The largest absolute Gasteiger partial charge is 0.481 e. The highest BCUT2D eigenvalue weighted by atomic mass is 35.5. The standard InChI is InChI=1S/C13H15Cl2NO4/c1-8(13(18)19)12(17)16-4-5-20-7-9-2-3-10(14)6-11(9)15/h2-3,6,8H,4-5,7H2,1H3,(H,16,17)(H,18,19). The second kappa shape index (κ2) is 8.09. The first kappa shape index (κ1) is 16.8. The van der Waals surface area contributed by atoms with Crippen LogP contribution in [0.5, 0.6) is 0 Å². The van der Waals surface area contributed by atoms with E-state index >= 15 is 0 Å². The van der Waals surface area contributed by atoms with Gasteiger partial charge in [-0.1, -0.05) is 29.3 Å². The van der Waals surface area contributed by atoms with Gasteiger partial charge in [-0.3, -0.25) is 9.59 Å². The number of carbonyl (C=O) groups excluding carboxylic acids is 1. The van der Waals surface area contributed by atoms with Gasteiger partial charge in [0, 0.05) is 16.6 Å². The van der Waals surface area contributed by atoms with E-state index in [1.54, 1.807) is 18.2 Å². The van der Waals surface area contributed by atoms with E-state index in [-0.39, 0.29) is 13.2 Å². The Bertz CT molecular complexity index is 493. The molecule has 5 nitrogen and oxygen atoms in total. The number of carboxylic acids is 1. The number of halogens is 2. The van der Waals surface area contributed by atoms with Gasteiger partial charge in [0.05, 0.1) is 13.2 Å². The van der Waals surface area contributed by atoms with Crippen LogP contribution in [0.1, 0.15) is 12.5 Å². The monoisotopic (exact) mass is 319 g/mol. The molecule has 1 aromatic rings. The van der Waals surface area contributed by atoms with Gasteiger partial charge in [0.1, 0.15) is 5.92 Å². The van der Waals surface area contributed by atoms with Gasteiger partial charge >= 0.3 is 5.97 Å². The zero-order valence-electron chi connectivity index (χ0n) is 10.9. The summed E-state index contributed by atoms with van der Waals surface area (Å²) in [6.45, 7) is 2.12. The molecule has 1 aromatic carbocycles. The van der Waals surface area contributed by atoms with Crippen LogP contribution in [0.2, 0.25) is 10.0 Å². The smallest absolute Gasteiger partial charge is 0.315 e. The minimum atomic E-state index is -1.16. The molecule has 1 unspecified atom stereocenters. The molecule has 1 atom stereocenters. The molecule has 0 aliphatic carbocycles. The SMILES string of the molecule is CC(C(=O)O)C(=O)NCCOCc1ccc(Cl)cc1Cl. The fraction of sp³-hybridized carbons (Fsp3) is 0.385. The van der Waals surface area contributed by atoms with Gasteiger partial charge in [0.2, 0.25) is 5.91 Å². The molecule has 0 fully saturated rings. The van der Waals surface area contributed by atoms with Crippen LogP contribution in [-0.4, -0.2) is 30.1 Å². The van der Waals surface area contributed by atoms with E-state index in [0.29, 0.717) is 16.7 Å². The molecule has 0 spiro atoms. The van der Waals surface area contributed by atoms with Gasteiger partial charge in [-0.2, -0.15) is 0 Å². The summed E-state index contributed by atoms with van der Waals surface area (Å²) in [6.07, 6.45) is 0. The molecule has 0 aliphatic rings. The lowest BCUT2D eigenvalue weighted by molar-refractivity contribution is -0.146. The highest BCUT2D eigenvalue weighted by Crippen LogP contribution is 2.21. The van der Waals surface area contributed by atoms with Crippen LogP contribution in [0.15, 0.2) is 18.2 Å². The average Bonchev–Trinajstić information content (AvgIpc) is 2.39. The molecule has 2 N–H and O–H groups in total. The van der Waals surface area contributed by atoms with Gasteiger partial charge in [0.15, 0.2) is 0 Å². The van der Waals surface area contributed by atoms with E-state index in [4.69, 9.17) is 33.0 Å². The predicted molar refractivity (Wildman–Crippen MR) is 75.9 cm³/mol. The maximum absolute atomic E-state index is 11.3. The van der Waals surface area contributed by atoms with Crippen molar-refractivity contribution in [3.05, 3.63) is 33.8 Å². The van der Waals surface area contributed by atoms with Crippen LogP contribution in [0.25, 0.3) is 0 Å². The van der Waals surface area contributed by atoms with Gasteiger partial charge < -0.3 is 15.2 Å².